The second kappa shape index (κ2) is 6.43. The van der Waals surface area contributed by atoms with Gasteiger partial charge in [-0.15, -0.1) is 0 Å². The predicted molar refractivity (Wildman–Crippen MR) is 70.2 cm³/mol. The molecule has 5 heteroatoms. The maximum Gasteiger partial charge on any atom is 0.159 e. The van der Waals surface area contributed by atoms with Gasteiger partial charge in [0.1, 0.15) is 9.21 Å². The van der Waals surface area contributed by atoms with Gasteiger partial charge in [-0.2, -0.15) is 0 Å². The highest BCUT2D eigenvalue weighted by molar-refractivity contribution is 9.11. The van der Waals surface area contributed by atoms with Gasteiger partial charge in [-0.3, -0.25) is 0 Å². The number of halogens is 2. The van der Waals surface area contributed by atoms with E-state index in [1.165, 1.54) is 19.3 Å². The van der Waals surface area contributed by atoms with Crippen LogP contribution in [0.1, 0.15) is 31.9 Å². The third-order valence-electron chi connectivity index (χ3n) is 2.04. The summed E-state index contributed by atoms with van der Waals surface area (Å²) in [6, 6.07) is 0. The summed E-state index contributed by atoms with van der Waals surface area (Å²) in [4.78, 5) is 8.68. The zero-order chi connectivity index (χ0) is 11.3. The zero-order valence-electron chi connectivity index (χ0n) is 8.98. The second-order valence-electron chi connectivity index (χ2n) is 3.37. The van der Waals surface area contributed by atoms with E-state index in [1.54, 1.807) is 0 Å². The quantitative estimate of drug-likeness (QED) is 0.828. The van der Waals surface area contributed by atoms with Crippen molar-refractivity contribution in [3.05, 3.63) is 14.9 Å². The van der Waals surface area contributed by atoms with Crippen LogP contribution in [0.25, 0.3) is 0 Å². The number of hydrogen-bond acceptors (Lipinski definition) is 3. The molecular formula is C10H15Br2N3. The molecule has 1 N–H and O–H groups in total. The van der Waals surface area contributed by atoms with Crippen LogP contribution in [0.4, 0.5) is 5.82 Å². The number of aryl methyl sites for hydroxylation is 1. The number of anilines is 1. The lowest BCUT2D eigenvalue weighted by atomic mass is 10.2. The van der Waals surface area contributed by atoms with Gasteiger partial charge in [-0.05, 0) is 45.2 Å². The molecule has 0 unspecified atom stereocenters. The van der Waals surface area contributed by atoms with Crippen molar-refractivity contribution in [3.63, 3.8) is 0 Å². The van der Waals surface area contributed by atoms with Gasteiger partial charge in [-0.25, -0.2) is 9.97 Å². The molecule has 0 spiro atoms. The highest BCUT2D eigenvalue weighted by Gasteiger charge is 2.06. The number of unbranched alkanes of at least 4 members (excludes halogenated alkanes) is 2. The van der Waals surface area contributed by atoms with Crippen LogP contribution in [0.3, 0.4) is 0 Å². The van der Waals surface area contributed by atoms with Crippen LogP contribution >= 0.6 is 31.9 Å². The summed E-state index contributed by atoms with van der Waals surface area (Å²) in [6.07, 6.45) is 3.64. The highest BCUT2D eigenvalue weighted by atomic mass is 79.9. The summed E-state index contributed by atoms with van der Waals surface area (Å²) in [7, 11) is 0. The minimum Gasteiger partial charge on any atom is -0.368 e. The van der Waals surface area contributed by atoms with E-state index in [0.717, 1.165) is 27.3 Å². The van der Waals surface area contributed by atoms with Crippen molar-refractivity contribution in [3.8, 4) is 0 Å². The van der Waals surface area contributed by atoms with Crippen molar-refractivity contribution in [1.82, 2.24) is 9.97 Å². The Morgan fingerprint density at radius 1 is 1.13 bits per heavy atom. The molecule has 0 saturated heterocycles. The molecule has 0 amide bonds. The number of hydrogen-bond donors (Lipinski definition) is 1. The molecule has 3 nitrogen and oxygen atoms in total. The third-order valence-corrected chi connectivity index (χ3v) is 3.35. The summed E-state index contributed by atoms with van der Waals surface area (Å²) in [5.74, 6) is 0.826. The number of aromatic nitrogens is 2. The Balaban J connectivity index is 2.57. The van der Waals surface area contributed by atoms with Gasteiger partial charge >= 0.3 is 0 Å². The Bertz CT molecular complexity index is 329. The first kappa shape index (κ1) is 12.9. The van der Waals surface area contributed by atoms with Gasteiger partial charge in [0.2, 0.25) is 0 Å². The van der Waals surface area contributed by atoms with Crippen molar-refractivity contribution < 1.29 is 0 Å². The van der Waals surface area contributed by atoms with E-state index >= 15 is 0 Å². The largest absolute Gasteiger partial charge is 0.368 e. The van der Waals surface area contributed by atoms with E-state index < -0.39 is 0 Å². The molecule has 0 saturated carbocycles. The third kappa shape index (κ3) is 4.07. The van der Waals surface area contributed by atoms with E-state index in [4.69, 9.17) is 0 Å². The first-order chi connectivity index (χ1) is 7.15. The van der Waals surface area contributed by atoms with E-state index in [1.807, 2.05) is 6.92 Å². The molecule has 1 aromatic rings. The SMILES string of the molecule is CCCCCNc1nc(C)c(Br)nc1Br. The van der Waals surface area contributed by atoms with Crippen LogP contribution in [0.15, 0.2) is 9.21 Å². The standard InChI is InChI=1S/C10H15Br2N3/c1-3-4-5-6-13-10-9(12)15-8(11)7(2)14-10/h3-6H2,1-2H3,(H,13,14). The van der Waals surface area contributed by atoms with E-state index in [-0.39, 0.29) is 0 Å². The van der Waals surface area contributed by atoms with E-state index in [2.05, 4.69) is 54.1 Å². The number of rotatable bonds is 5. The summed E-state index contributed by atoms with van der Waals surface area (Å²) in [5.41, 5.74) is 0.899. The lowest BCUT2D eigenvalue weighted by Gasteiger charge is -2.08. The fourth-order valence-electron chi connectivity index (χ4n) is 1.17. The van der Waals surface area contributed by atoms with Gasteiger partial charge in [-0.1, -0.05) is 19.8 Å². The first-order valence-electron chi connectivity index (χ1n) is 5.08. The van der Waals surface area contributed by atoms with Crippen molar-refractivity contribution >= 4 is 37.7 Å². The molecule has 0 radical (unpaired) electrons. The minimum absolute atomic E-state index is 0.761. The van der Waals surface area contributed by atoms with Crippen molar-refractivity contribution in [1.29, 1.82) is 0 Å². The Morgan fingerprint density at radius 2 is 1.87 bits per heavy atom. The lowest BCUT2D eigenvalue weighted by molar-refractivity contribution is 0.741. The molecule has 0 atom stereocenters. The van der Waals surface area contributed by atoms with Crippen molar-refractivity contribution in [2.24, 2.45) is 0 Å². The smallest absolute Gasteiger partial charge is 0.159 e. The molecule has 84 valence electrons. The molecule has 1 rings (SSSR count). The molecular weight excluding hydrogens is 322 g/mol. The van der Waals surface area contributed by atoms with E-state index in [0.29, 0.717) is 0 Å². The fourth-order valence-corrected chi connectivity index (χ4v) is 2.08. The predicted octanol–water partition coefficient (Wildman–Crippen LogP) is 3.91. The number of nitrogens with zero attached hydrogens (tertiary/aromatic N) is 2. The van der Waals surface area contributed by atoms with Crippen molar-refractivity contribution in [2.75, 3.05) is 11.9 Å². The molecule has 0 aliphatic rings. The monoisotopic (exact) mass is 335 g/mol. The maximum atomic E-state index is 4.40. The summed E-state index contributed by atoms with van der Waals surface area (Å²) in [6.45, 7) is 5.07. The summed E-state index contributed by atoms with van der Waals surface area (Å²) < 4.78 is 1.55. The first-order valence-corrected chi connectivity index (χ1v) is 6.67. The normalized spacial score (nSPS) is 10.4. The van der Waals surface area contributed by atoms with Crippen molar-refractivity contribution in [2.45, 2.75) is 33.1 Å². The molecule has 0 aliphatic heterocycles. The molecule has 0 aliphatic carbocycles. The average Bonchev–Trinajstić information content (AvgIpc) is 2.20. The van der Waals surface area contributed by atoms with Gasteiger partial charge in [0.15, 0.2) is 5.82 Å². The Hall–Kier alpha value is -0.160. The van der Waals surface area contributed by atoms with Crippen LogP contribution in [0.5, 0.6) is 0 Å². The molecule has 0 fully saturated rings. The molecule has 0 aromatic carbocycles. The molecule has 1 heterocycles. The molecule has 1 aromatic heterocycles. The Kier molecular flexibility index (Phi) is 5.53. The van der Waals surface area contributed by atoms with E-state index in [9.17, 15) is 0 Å². The summed E-state index contributed by atoms with van der Waals surface area (Å²) in [5, 5.41) is 3.27. The Morgan fingerprint density at radius 3 is 2.53 bits per heavy atom. The second-order valence-corrected chi connectivity index (χ2v) is 4.88. The topological polar surface area (TPSA) is 37.8 Å². The van der Waals surface area contributed by atoms with Crippen LogP contribution in [0, 0.1) is 6.92 Å². The van der Waals surface area contributed by atoms with Crippen LogP contribution < -0.4 is 5.32 Å². The Labute approximate surface area is 107 Å². The van der Waals surface area contributed by atoms with Crippen LogP contribution in [0.2, 0.25) is 0 Å². The zero-order valence-corrected chi connectivity index (χ0v) is 12.2. The fraction of sp³-hybridized carbons (Fsp3) is 0.600. The molecule has 0 bridgehead atoms. The number of nitrogens with one attached hydrogen (secondary N) is 1. The molecule has 15 heavy (non-hydrogen) atoms. The van der Waals surface area contributed by atoms with Gasteiger partial charge in [0.05, 0.1) is 5.69 Å². The van der Waals surface area contributed by atoms with Gasteiger partial charge < -0.3 is 5.32 Å². The highest BCUT2D eigenvalue weighted by Crippen LogP contribution is 2.22. The lowest BCUT2D eigenvalue weighted by Crippen LogP contribution is -2.06. The minimum atomic E-state index is 0.761. The average molecular weight is 337 g/mol. The van der Waals surface area contributed by atoms with Crippen LogP contribution in [-0.2, 0) is 0 Å². The van der Waals surface area contributed by atoms with Gasteiger partial charge in [0, 0.05) is 6.54 Å². The van der Waals surface area contributed by atoms with Crippen LogP contribution in [-0.4, -0.2) is 16.5 Å². The summed E-state index contributed by atoms with van der Waals surface area (Å²) >= 11 is 6.73. The maximum absolute atomic E-state index is 4.40. The van der Waals surface area contributed by atoms with Gasteiger partial charge in [0.25, 0.3) is 0 Å².